The van der Waals surface area contributed by atoms with E-state index in [4.69, 9.17) is 14.8 Å². The smallest absolute Gasteiger partial charge is 0.352 e. The van der Waals surface area contributed by atoms with E-state index < -0.39 is 37.4 Å². The molecule has 0 radical (unpaired) electrons. The zero-order valence-corrected chi connectivity index (χ0v) is 13.8. The summed E-state index contributed by atoms with van der Waals surface area (Å²) in [5.74, 6) is 0. The lowest BCUT2D eigenvalue weighted by atomic mass is 10.1. The summed E-state index contributed by atoms with van der Waals surface area (Å²) in [6, 6.07) is -0.726. The Bertz CT molecular complexity index is 814. The second-order valence-corrected chi connectivity index (χ2v) is 6.62. The fourth-order valence-corrected chi connectivity index (χ4v) is 2.68. The zero-order valence-electron chi connectivity index (χ0n) is 12.9. The maximum Gasteiger partial charge on any atom is 0.472 e. The Hall–Kier alpha value is -1.94. The summed E-state index contributed by atoms with van der Waals surface area (Å²) >= 11 is 0. The third-order valence-electron chi connectivity index (χ3n) is 3.49. The van der Waals surface area contributed by atoms with Crippen molar-refractivity contribution in [3.8, 4) is 0 Å². The highest BCUT2D eigenvalue weighted by molar-refractivity contribution is 7.47. The monoisotopic (exact) mass is 361 g/mol. The van der Waals surface area contributed by atoms with Gasteiger partial charge in [0.05, 0.1) is 18.8 Å². The van der Waals surface area contributed by atoms with Crippen LogP contribution in [-0.4, -0.2) is 40.3 Å². The Morgan fingerprint density at radius 2 is 2.33 bits per heavy atom. The van der Waals surface area contributed by atoms with E-state index in [2.05, 4.69) is 19.5 Å². The van der Waals surface area contributed by atoms with Crippen molar-refractivity contribution in [2.75, 3.05) is 13.7 Å². The molecule has 12 nitrogen and oxygen atoms in total. The number of rotatable bonds is 6. The van der Waals surface area contributed by atoms with Crippen molar-refractivity contribution in [3.05, 3.63) is 43.0 Å². The Morgan fingerprint density at radius 1 is 1.62 bits per heavy atom. The number of aromatic amines is 1. The summed E-state index contributed by atoms with van der Waals surface area (Å²) < 4.78 is 27.1. The molecule has 24 heavy (non-hydrogen) atoms. The molecule has 13 heteroatoms. The maximum atomic E-state index is 11.9. The van der Waals surface area contributed by atoms with Crippen LogP contribution >= 0.6 is 7.82 Å². The fourth-order valence-electron chi connectivity index (χ4n) is 2.24. The lowest BCUT2D eigenvalue weighted by Crippen LogP contribution is -2.33. The van der Waals surface area contributed by atoms with E-state index in [0.29, 0.717) is 5.56 Å². The molecule has 132 valence electrons. The molecule has 2 heterocycles. The maximum absolute atomic E-state index is 11.9. The van der Waals surface area contributed by atoms with E-state index in [0.717, 1.165) is 11.7 Å². The number of aromatic nitrogens is 2. The molecule has 0 bridgehead atoms. The molecule has 0 saturated carbocycles. The quantitative estimate of drug-likeness (QED) is 0.323. The van der Waals surface area contributed by atoms with Gasteiger partial charge in [-0.15, -0.1) is 0 Å². The number of nitrogens with zero attached hydrogens (tertiary/aromatic N) is 4. The van der Waals surface area contributed by atoms with E-state index in [1.54, 1.807) is 0 Å². The van der Waals surface area contributed by atoms with Crippen molar-refractivity contribution in [1.29, 1.82) is 0 Å². The van der Waals surface area contributed by atoms with E-state index in [9.17, 15) is 19.0 Å². The van der Waals surface area contributed by atoms with Crippen LogP contribution < -0.4 is 11.2 Å². The molecule has 1 aliphatic rings. The molecule has 1 unspecified atom stereocenters. The van der Waals surface area contributed by atoms with Crippen molar-refractivity contribution in [1.82, 2.24) is 9.55 Å². The van der Waals surface area contributed by atoms with Gasteiger partial charge in [-0.3, -0.25) is 23.4 Å². The topological polar surface area (TPSA) is 169 Å². The van der Waals surface area contributed by atoms with Gasteiger partial charge in [-0.25, -0.2) is 9.36 Å². The summed E-state index contributed by atoms with van der Waals surface area (Å²) in [7, 11) is -3.21. The van der Waals surface area contributed by atoms with Gasteiger partial charge in [0, 0.05) is 30.2 Å². The van der Waals surface area contributed by atoms with Crippen molar-refractivity contribution in [3.63, 3.8) is 0 Å². The molecule has 2 N–H and O–H groups in total. The van der Waals surface area contributed by atoms with E-state index in [1.165, 1.54) is 13.1 Å². The molecule has 0 amide bonds. The largest absolute Gasteiger partial charge is 0.472 e. The highest BCUT2D eigenvalue weighted by Gasteiger charge is 2.38. The van der Waals surface area contributed by atoms with Crippen molar-refractivity contribution in [2.45, 2.75) is 31.7 Å². The zero-order chi connectivity index (χ0) is 17.9. The van der Waals surface area contributed by atoms with Gasteiger partial charge in [-0.2, -0.15) is 0 Å². The SMILES string of the molecule is COP(=O)(O)OC[C@H]1O[C@@H](n2cc(C)c(=O)[nH]c2=O)C[C@@H]1N=[N+]=[N-]. The van der Waals surface area contributed by atoms with Gasteiger partial charge in [0.25, 0.3) is 5.56 Å². The molecule has 0 aromatic carbocycles. The van der Waals surface area contributed by atoms with Crippen LogP contribution in [0.3, 0.4) is 0 Å². The summed E-state index contributed by atoms with van der Waals surface area (Å²) in [6.07, 6.45) is -0.223. The van der Waals surface area contributed by atoms with E-state index in [1.807, 2.05) is 0 Å². The number of aryl methyl sites for hydroxylation is 1. The lowest BCUT2D eigenvalue weighted by Gasteiger charge is -2.17. The van der Waals surface area contributed by atoms with Crippen LogP contribution in [0, 0.1) is 6.92 Å². The molecular weight excluding hydrogens is 345 g/mol. The molecule has 1 aliphatic heterocycles. The second kappa shape index (κ2) is 7.31. The van der Waals surface area contributed by atoms with E-state index >= 15 is 0 Å². The molecule has 1 saturated heterocycles. The molecule has 4 atom stereocenters. The van der Waals surface area contributed by atoms with Gasteiger partial charge in [0.2, 0.25) is 0 Å². The first-order valence-electron chi connectivity index (χ1n) is 6.82. The van der Waals surface area contributed by atoms with Crippen LogP contribution in [0.5, 0.6) is 0 Å². The van der Waals surface area contributed by atoms with Crippen LogP contribution in [0.4, 0.5) is 0 Å². The Balaban J connectivity index is 2.22. The predicted molar refractivity (Wildman–Crippen MR) is 80.3 cm³/mol. The highest BCUT2D eigenvalue weighted by atomic mass is 31.2. The molecular formula is C11H16N5O7P. The number of azide groups is 1. The highest BCUT2D eigenvalue weighted by Crippen LogP contribution is 2.43. The Morgan fingerprint density at radius 3 is 2.96 bits per heavy atom. The standard InChI is InChI=1S/C11H16N5O7P/c1-6-4-16(11(18)13-10(6)17)9-3-7(14-15-12)8(23-9)5-22-24(19,20)21-2/h4,7-9H,3,5H2,1-2H3,(H,19,20)(H,13,17,18)/t7-,8+,9+/m0/s1. The normalized spacial score (nSPS) is 25.9. The minimum atomic E-state index is -4.22. The Labute approximate surface area is 135 Å². The van der Waals surface area contributed by atoms with E-state index in [-0.39, 0.29) is 13.0 Å². The van der Waals surface area contributed by atoms with Crippen molar-refractivity contribution >= 4 is 7.82 Å². The number of hydrogen-bond acceptors (Lipinski definition) is 7. The van der Waals surface area contributed by atoms with Crippen LogP contribution in [0.25, 0.3) is 10.4 Å². The molecule has 1 aromatic heterocycles. The third-order valence-corrected chi connectivity index (χ3v) is 4.43. The number of nitrogens with one attached hydrogen (secondary N) is 1. The van der Waals surface area contributed by atoms with Gasteiger partial charge in [-0.1, -0.05) is 5.11 Å². The predicted octanol–water partition coefficient (Wildman–Crippen LogP) is 0.575. The molecule has 2 rings (SSSR count). The minimum absolute atomic E-state index is 0.131. The van der Waals surface area contributed by atoms with Crippen LogP contribution in [0.1, 0.15) is 18.2 Å². The average molecular weight is 361 g/mol. The summed E-state index contributed by atoms with van der Waals surface area (Å²) in [5, 5.41) is 3.55. The first-order valence-corrected chi connectivity index (χ1v) is 8.31. The van der Waals surface area contributed by atoms with Crippen molar-refractivity contribution < 1.29 is 23.2 Å². The fraction of sp³-hybridized carbons (Fsp3) is 0.636. The minimum Gasteiger partial charge on any atom is -0.352 e. The van der Waals surface area contributed by atoms with Crippen LogP contribution in [-0.2, 0) is 18.3 Å². The molecule has 1 fully saturated rings. The first-order chi connectivity index (χ1) is 11.3. The number of hydrogen-bond donors (Lipinski definition) is 2. The first kappa shape index (κ1) is 18.4. The van der Waals surface area contributed by atoms with Gasteiger partial charge < -0.3 is 9.63 Å². The van der Waals surface area contributed by atoms with Gasteiger partial charge in [0.15, 0.2) is 0 Å². The number of phosphoric ester groups is 1. The molecule has 0 aliphatic carbocycles. The second-order valence-electron chi connectivity index (χ2n) is 5.06. The number of phosphoric acid groups is 1. The lowest BCUT2D eigenvalue weighted by molar-refractivity contribution is -0.0276. The average Bonchev–Trinajstić information content (AvgIpc) is 2.92. The molecule has 0 spiro atoms. The van der Waals surface area contributed by atoms with Gasteiger partial charge in [0.1, 0.15) is 6.23 Å². The number of H-pyrrole nitrogens is 1. The van der Waals surface area contributed by atoms with Crippen molar-refractivity contribution in [2.24, 2.45) is 5.11 Å². The summed E-state index contributed by atoms with van der Waals surface area (Å²) in [4.78, 5) is 37.4. The van der Waals surface area contributed by atoms with Gasteiger partial charge in [-0.05, 0) is 12.5 Å². The number of ether oxygens (including phenoxy) is 1. The summed E-state index contributed by atoms with van der Waals surface area (Å²) in [6.45, 7) is 1.15. The summed E-state index contributed by atoms with van der Waals surface area (Å²) in [5.41, 5.74) is 7.74. The van der Waals surface area contributed by atoms with Crippen LogP contribution in [0.15, 0.2) is 20.9 Å². The molecule has 1 aromatic rings. The van der Waals surface area contributed by atoms with Crippen LogP contribution in [0.2, 0.25) is 0 Å². The van der Waals surface area contributed by atoms with Gasteiger partial charge >= 0.3 is 13.5 Å². The Kier molecular flexibility index (Phi) is 5.60. The third kappa shape index (κ3) is 4.12.